The van der Waals surface area contributed by atoms with Gasteiger partial charge < -0.3 is 5.32 Å². The number of alkyl halides is 1. The third kappa shape index (κ3) is 3.28. The van der Waals surface area contributed by atoms with Crippen molar-refractivity contribution in [2.45, 2.75) is 25.8 Å². The number of amides is 1. The molecule has 20 heavy (non-hydrogen) atoms. The van der Waals surface area contributed by atoms with Gasteiger partial charge in [0.15, 0.2) is 23.3 Å². The van der Waals surface area contributed by atoms with E-state index in [0.717, 1.165) is 0 Å². The van der Waals surface area contributed by atoms with E-state index in [-0.39, 0.29) is 0 Å². The molecule has 8 heteroatoms. The fourth-order valence-electron chi connectivity index (χ4n) is 1.57. The van der Waals surface area contributed by atoms with Crippen LogP contribution in [0.1, 0.15) is 30.1 Å². The molecule has 0 aliphatic rings. The zero-order chi connectivity index (χ0) is 15.4. The summed E-state index contributed by atoms with van der Waals surface area (Å²) in [5, 5.41) is 2.75. The van der Waals surface area contributed by atoms with Crippen LogP contribution >= 0.6 is 15.9 Å². The van der Waals surface area contributed by atoms with E-state index in [1.165, 1.54) is 0 Å². The molecule has 0 aliphatic heterocycles. The van der Waals surface area contributed by atoms with Crippen LogP contribution in [0.4, 0.5) is 22.0 Å². The molecule has 1 atom stereocenters. The Bertz CT molecular complexity index is 494. The van der Waals surface area contributed by atoms with Crippen LogP contribution in [-0.2, 0) is 0 Å². The van der Waals surface area contributed by atoms with Gasteiger partial charge in [0.2, 0.25) is 5.82 Å². The molecular weight excluding hydrogens is 349 g/mol. The standard InChI is InChI=1S/C12H11BrF5NO/c1-2-5(3-4-13)19-12(20)6-7(14)9(16)11(18)10(17)8(6)15/h5H,2-4H2,1H3,(H,19,20). The van der Waals surface area contributed by atoms with Crippen molar-refractivity contribution in [1.29, 1.82) is 0 Å². The van der Waals surface area contributed by atoms with E-state index in [0.29, 0.717) is 18.2 Å². The highest BCUT2D eigenvalue weighted by Crippen LogP contribution is 2.23. The molecule has 1 rings (SSSR count). The van der Waals surface area contributed by atoms with Crippen molar-refractivity contribution >= 4 is 21.8 Å². The van der Waals surface area contributed by atoms with Gasteiger partial charge in [-0.1, -0.05) is 22.9 Å². The highest BCUT2D eigenvalue weighted by atomic mass is 79.9. The summed E-state index contributed by atoms with van der Waals surface area (Å²) in [6.07, 6.45) is 0.907. The summed E-state index contributed by atoms with van der Waals surface area (Å²) in [6.45, 7) is 1.71. The van der Waals surface area contributed by atoms with Gasteiger partial charge in [0.25, 0.3) is 5.91 Å². The lowest BCUT2D eigenvalue weighted by atomic mass is 10.1. The fourth-order valence-corrected chi connectivity index (χ4v) is 2.12. The van der Waals surface area contributed by atoms with Gasteiger partial charge in [-0.05, 0) is 12.8 Å². The lowest BCUT2D eigenvalue weighted by molar-refractivity contribution is 0.0923. The molecule has 0 fully saturated rings. The number of rotatable bonds is 5. The quantitative estimate of drug-likeness (QED) is 0.369. The Morgan fingerprint density at radius 1 is 1.05 bits per heavy atom. The lowest BCUT2D eigenvalue weighted by Crippen LogP contribution is -2.36. The summed E-state index contributed by atoms with van der Waals surface area (Å²) in [7, 11) is 0. The molecule has 1 N–H and O–H groups in total. The number of hydrogen-bond donors (Lipinski definition) is 1. The highest BCUT2D eigenvalue weighted by molar-refractivity contribution is 9.09. The highest BCUT2D eigenvalue weighted by Gasteiger charge is 2.30. The molecular formula is C12H11BrF5NO. The second kappa shape index (κ2) is 7.01. The first-order valence-electron chi connectivity index (χ1n) is 5.73. The molecule has 1 aromatic rings. The Hall–Kier alpha value is -1.18. The minimum absolute atomic E-state index is 0.433. The van der Waals surface area contributed by atoms with Crippen molar-refractivity contribution in [1.82, 2.24) is 5.32 Å². The van der Waals surface area contributed by atoms with Crippen LogP contribution in [-0.4, -0.2) is 17.3 Å². The van der Waals surface area contributed by atoms with Gasteiger partial charge >= 0.3 is 0 Å². The Balaban J connectivity index is 3.17. The average Bonchev–Trinajstić information content (AvgIpc) is 2.42. The summed E-state index contributed by atoms with van der Waals surface area (Å²) in [5.41, 5.74) is -1.46. The van der Waals surface area contributed by atoms with Crippen molar-refractivity contribution in [2.75, 3.05) is 5.33 Å². The second-order valence-electron chi connectivity index (χ2n) is 4.00. The van der Waals surface area contributed by atoms with Crippen molar-refractivity contribution < 1.29 is 26.7 Å². The smallest absolute Gasteiger partial charge is 0.257 e. The minimum atomic E-state index is -2.29. The molecule has 2 nitrogen and oxygen atoms in total. The summed E-state index contributed by atoms with van der Waals surface area (Å²) in [4.78, 5) is 11.7. The first-order valence-corrected chi connectivity index (χ1v) is 6.85. The second-order valence-corrected chi connectivity index (χ2v) is 4.79. The molecule has 0 aliphatic carbocycles. The molecule has 0 aromatic heterocycles. The maximum atomic E-state index is 13.4. The van der Waals surface area contributed by atoms with Crippen molar-refractivity contribution in [3.8, 4) is 0 Å². The van der Waals surface area contributed by atoms with E-state index < -0.39 is 46.6 Å². The average molecular weight is 360 g/mol. The molecule has 1 unspecified atom stereocenters. The van der Waals surface area contributed by atoms with Gasteiger partial charge in [0, 0.05) is 11.4 Å². The molecule has 1 aromatic carbocycles. The van der Waals surface area contributed by atoms with Crippen molar-refractivity contribution in [3.05, 3.63) is 34.6 Å². The number of nitrogens with one attached hydrogen (secondary N) is 1. The Morgan fingerprint density at radius 3 is 1.90 bits per heavy atom. The Labute approximate surface area is 120 Å². The summed E-state index contributed by atoms with van der Waals surface area (Å²) < 4.78 is 65.6. The van der Waals surface area contributed by atoms with E-state index in [1.807, 2.05) is 0 Å². The van der Waals surface area contributed by atoms with Crippen LogP contribution in [0.5, 0.6) is 0 Å². The number of carbonyl (C=O) groups excluding carboxylic acids is 1. The molecule has 112 valence electrons. The molecule has 1 amide bonds. The number of benzene rings is 1. The summed E-state index contributed by atoms with van der Waals surface area (Å²) in [6, 6.07) is -0.433. The fraction of sp³-hybridized carbons (Fsp3) is 0.417. The monoisotopic (exact) mass is 359 g/mol. The number of halogens is 6. The third-order valence-corrected chi connectivity index (χ3v) is 3.18. The predicted octanol–water partition coefficient (Wildman–Crippen LogP) is 3.68. The first kappa shape index (κ1) is 16.9. The first-order chi connectivity index (χ1) is 9.34. The normalized spacial score (nSPS) is 12.3. The minimum Gasteiger partial charge on any atom is -0.349 e. The largest absolute Gasteiger partial charge is 0.349 e. The lowest BCUT2D eigenvalue weighted by Gasteiger charge is -2.16. The summed E-state index contributed by atoms with van der Waals surface area (Å²) >= 11 is 3.13. The van der Waals surface area contributed by atoms with E-state index in [4.69, 9.17) is 0 Å². The van der Waals surface area contributed by atoms with Crippen LogP contribution in [0.3, 0.4) is 0 Å². The van der Waals surface area contributed by atoms with Crippen LogP contribution in [0, 0.1) is 29.1 Å². The Kier molecular flexibility index (Phi) is 5.91. The van der Waals surface area contributed by atoms with Crippen molar-refractivity contribution in [2.24, 2.45) is 0 Å². The molecule has 0 saturated carbocycles. The Morgan fingerprint density at radius 2 is 1.50 bits per heavy atom. The molecule has 0 bridgehead atoms. The maximum absolute atomic E-state index is 13.4. The van der Waals surface area contributed by atoms with Gasteiger partial charge in [-0.15, -0.1) is 0 Å². The topological polar surface area (TPSA) is 29.1 Å². The number of carbonyl (C=O) groups is 1. The van der Waals surface area contributed by atoms with Crippen LogP contribution < -0.4 is 5.32 Å². The van der Waals surface area contributed by atoms with Crippen LogP contribution in [0.2, 0.25) is 0 Å². The van der Waals surface area contributed by atoms with Gasteiger partial charge in [0.1, 0.15) is 5.56 Å². The van der Waals surface area contributed by atoms with Gasteiger partial charge in [-0.3, -0.25) is 4.79 Å². The molecule has 0 saturated heterocycles. The zero-order valence-electron chi connectivity index (χ0n) is 10.4. The van der Waals surface area contributed by atoms with Crippen LogP contribution in [0.25, 0.3) is 0 Å². The van der Waals surface area contributed by atoms with Gasteiger partial charge in [-0.25, -0.2) is 22.0 Å². The maximum Gasteiger partial charge on any atom is 0.257 e. The van der Waals surface area contributed by atoms with Gasteiger partial charge in [0.05, 0.1) is 0 Å². The SMILES string of the molecule is CCC(CCBr)NC(=O)c1c(F)c(F)c(F)c(F)c1F. The van der Waals surface area contributed by atoms with E-state index in [2.05, 4.69) is 21.2 Å². The van der Waals surface area contributed by atoms with E-state index in [9.17, 15) is 26.7 Å². The van der Waals surface area contributed by atoms with Crippen LogP contribution in [0.15, 0.2) is 0 Å². The molecule has 0 spiro atoms. The third-order valence-electron chi connectivity index (χ3n) is 2.72. The summed E-state index contributed by atoms with van der Waals surface area (Å²) in [5.74, 6) is -12.2. The predicted molar refractivity (Wildman–Crippen MR) is 66.2 cm³/mol. The van der Waals surface area contributed by atoms with E-state index >= 15 is 0 Å². The molecule has 0 radical (unpaired) electrons. The molecule has 0 heterocycles. The zero-order valence-corrected chi connectivity index (χ0v) is 12.0. The van der Waals surface area contributed by atoms with Crippen molar-refractivity contribution in [3.63, 3.8) is 0 Å². The van der Waals surface area contributed by atoms with Gasteiger partial charge in [-0.2, -0.15) is 0 Å². The van der Waals surface area contributed by atoms with E-state index in [1.54, 1.807) is 6.92 Å². The number of hydrogen-bond acceptors (Lipinski definition) is 1.